The minimum atomic E-state index is 0. The normalized spacial score (nSPS) is 19.1. The summed E-state index contributed by atoms with van der Waals surface area (Å²) in [6.45, 7) is 7.26. The molecule has 1 atom stereocenters. The zero-order chi connectivity index (χ0) is 14.8. The summed E-state index contributed by atoms with van der Waals surface area (Å²) in [4.78, 5) is 9.33. The molecule has 2 aromatic rings. The van der Waals surface area contributed by atoms with Crippen LogP contribution in [0.4, 0.5) is 0 Å². The van der Waals surface area contributed by atoms with E-state index in [0.29, 0.717) is 5.89 Å². The molecule has 5 nitrogen and oxygen atoms in total. The van der Waals surface area contributed by atoms with Crippen molar-refractivity contribution < 1.29 is 4.52 Å². The fourth-order valence-electron chi connectivity index (χ4n) is 2.71. The molecule has 1 saturated heterocycles. The van der Waals surface area contributed by atoms with Crippen LogP contribution in [0.2, 0.25) is 0 Å². The Kier molecular flexibility index (Phi) is 5.97. The number of piperazine rings is 1. The van der Waals surface area contributed by atoms with Gasteiger partial charge in [0.1, 0.15) is 0 Å². The number of hydrogen-bond acceptors (Lipinski definition) is 6. The van der Waals surface area contributed by atoms with Crippen LogP contribution in [0.15, 0.2) is 10.6 Å². The summed E-state index contributed by atoms with van der Waals surface area (Å²) >= 11 is 1.74. The minimum absolute atomic E-state index is 0. The van der Waals surface area contributed by atoms with Gasteiger partial charge in [0.25, 0.3) is 5.89 Å². The summed E-state index contributed by atoms with van der Waals surface area (Å²) < 4.78 is 5.49. The van der Waals surface area contributed by atoms with Gasteiger partial charge in [-0.25, -0.2) is 0 Å². The maximum atomic E-state index is 5.49. The molecule has 3 rings (SSSR count). The van der Waals surface area contributed by atoms with Crippen molar-refractivity contribution in [2.24, 2.45) is 0 Å². The lowest BCUT2D eigenvalue weighted by Crippen LogP contribution is -2.44. The number of nitrogens with one attached hydrogen (secondary N) is 1. The summed E-state index contributed by atoms with van der Waals surface area (Å²) in [5, 5.41) is 7.57. The van der Waals surface area contributed by atoms with Crippen LogP contribution < -0.4 is 5.32 Å². The number of thiophene rings is 1. The van der Waals surface area contributed by atoms with E-state index in [4.69, 9.17) is 4.52 Å². The lowest BCUT2D eigenvalue weighted by Gasteiger charge is -2.30. The van der Waals surface area contributed by atoms with E-state index >= 15 is 0 Å². The van der Waals surface area contributed by atoms with E-state index in [1.54, 1.807) is 11.3 Å². The molecule has 0 saturated carbocycles. The van der Waals surface area contributed by atoms with E-state index in [9.17, 15) is 0 Å². The van der Waals surface area contributed by atoms with Crippen LogP contribution in [0.25, 0.3) is 10.8 Å². The lowest BCUT2D eigenvalue weighted by molar-refractivity contribution is 0.190. The van der Waals surface area contributed by atoms with Gasteiger partial charge in [-0.1, -0.05) is 18.5 Å². The number of hydrogen-bond donors (Lipinski definition) is 1. The predicted octanol–water partition coefficient (Wildman–Crippen LogP) is 3.06. The number of halogens is 1. The second-order valence-electron chi connectivity index (χ2n) is 5.60. The Hall–Kier alpha value is -0.950. The number of aryl methyl sites for hydroxylation is 2. The quantitative estimate of drug-likeness (QED) is 0.925. The molecule has 1 aliphatic heterocycles. The molecule has 0 bridgehead atoms. The van der Waals surface area contributed by atoms with Crippen molar-refractivity contribution in [1.82, 2.24) is 20.4 Å². The highest BCUT2D eigenvalue weighted by atomic mass is 35.5. The van der Waals surface area contributed by atoms with Crippen LogP contribution in [-0.4, -0.2) is 41.7 Å². The SMILES string of the molecule is CCCc1cc(-c2nc(C3CNCCN3C)no2)sc1C.Cl. The minimum Gasteiger partial charge on any atom is -0.333 e. The molecule has 22 heavy (non-hydrogen) atoms. The average Bonchev–Trinajstić information content (AvgIpc) is 3.08. The Bertz CT molecular complexity index is 612. The van der Waals surface area contributed by atoms with Gasteiger partial charge in [0.2, 0.25) is 0 Å². The largest absolute Gasteiger partial charge is 0.333 e. The van der Waals surface area contributed by atoms with E-state index in [2.05, 4.69) is 47.3 Å². The zero-order valence-corrected chi connectivity index (χ0v) is 14.9. The Morgan fingerprint density at radius 2 is 2.32 bits per heavy atom. The molecule has 2 aromatic heterocycles. The van der Waals surface area contributed by atoms with Gasteiger partial charge < -0.3 is 9.84 Å². The van der Waals surface area contributed by atoms with Gasteiger partial charge >= 0.3 is 0 Å². The number of nitrogens with zero attached hydrogens (tertiary/aromatic N) is 3. The van der Waals surface area contributed by atoms with Crippen molar-refractivity contribution in [3.8, 4) is 10.8 Å². The van der Waals surface area contributed by atoms with Crippen molar-refractivity contribution >= 4 is 23.7 Å². The summed E-state index contributed by atoms with van der Waals surface area (Å²) in [6, 6.07) is 2.40. The summed E-state index contributed by atoms with van der Waals surface area (Å²) in [7, 11) is 2.11. The summed E-state index contributed by atoms with van der Waals surface area (Å²) in [5.74, 6) is 1.43. The molecule has 1 aliphatic rings. The van der Waals surface area contributed by atoms with Gasteiger partial charge in [0, 0.05) is 24.5 Å². The molecule has 3 heterocycles. The third kappa shape index (κ3) is 3.51. The molecule has 0 amide bonds. The maximum Gasteiger partial charge on any atom is 0.268 e. The van der Waals surface area contributed by atoms with Crippen molar-refractivity contribution in [2.75, 3.05) is 26.7 Å². The van der Waals surface area contributed by atoms with Crippen LogP contribution >= 0.6 is 23.7 Å². The molecule has 0 radical (unpaired) electrons. The van der Waals surface area contributed by atoms with Crippen LogP contribution in [-0.2, 0) is 6.42 Å². The highest BCUT2D eigenvalue weighted by Gasteiger charge is 2.25. The first-order valence-electron chi connectivity index (χ1n) is 7.53. The highest BCUT2D eigenvalue weighted by molar-refractivity contribution is 7.15. The number of likely N-dealkylation sites (N-methyl/N-ethyl adjacent to an activating group) is 1. The monoisotopic (exact) mass is 342 g/mol. The first-order chi connectivity index (χ1) is 10.2. The predicted molar refractivity (Wildman–Crippen MR) is 91.8 cm³/mol. The Labute approximate surface area is 141 Å². The maximum absolute atomic E-state index is 5.49. The Morgan fingerprint density at radius 3 is 3.05 bits per heavy atom. The molecular formula is C15H23ClN4OS. The lowest BCUT2D eigenvalue weighted by atomic mass is 10.1. The van der Waals surface area contributed by atoms with E-state index in [1.165, 1.54) is 10.4 Å². The van der Waals surface area contributed by atoms with Crippen LogP contribution in [0.3, 0.4) is 0 Å². The molecule has 7 heteroatoms. The second kappa shape index (κ2) is 7.55. The van der Waals surface area contributed by atoms with Gasteiger partial charge in [-0.3, -0.25) is 4.90 Å². The standard InChI is InChI=1S/C15H22N4OS.ClH/c1-4-5-11-8-13(21-10(11)2)15-17-14(18-20-15)12-9-16-6-7-19(12)3;/h8,12,16H,4-7,9H2,1-3H3;1H. The topological polar surface area (TPSA) is 54.2 Å². The van der Waals surface area contributed by atoms with Gasteiger partial charge in [-0.05, 0) is 32.0 Å². The van der Waals surface area contributed by atoms with Gasteiger partial charge in [0.15, 0.2) is 5.82 Å². The molecule has 122 valence electrons. The molecule has 0 spiro atoms. The van der Waals surface area contributed by atoms with Gasteiger partial charge in [0.05, 0.1) is 10.9 Å². The van der Waals surface area contributed by atoms with E-state index < -0.39 is 0 Å². The van der Waals surface area contributed by atoms with Crippen molar-refractivity contribution in [1.29, 1.82) is 0 Å². The number of rotatable bonds is 4. The molecule has 0 aliphatic carbocycles. The summed E-state index contributed by atoms with van der Waals surface area (Å²) in [5.41, 5.74) is 1.40. The van der Waals surface area contributed by atoms with Crippen molar-refractivity contribution in [3.63, 3.8) is 0 Å². The van der Waals surface area contributed by atoms with Gasteiger partial charge in [-0.2, -0.15) is 4.98 Å². The average molecular weight is 343 g/mol. The zero-order valence-electron chi connectivity index (χ0n) is 13.3. The van der Waals surface area contributed by atoms with E-state index in [1.807, 2.05) is 0 Å². The molecule has 1 fully saturated rings. The Morgan fingerprint density at radius 1 is 1.50 bits per heavy atom. The highest BCUT2D eigenvalue weighted by Crippen LogP contribution is 2.31. The van der Waals surface area contributed by atoms with E-state index in [-0.39, 0.29) is 18.4 Å². The fraction of sp³-hybridized carbons (Fsp3) is 0.600. The Balaban J connectivity index is 0.00000176. The van der Waals surface area contributed by atoms with Crippen LogP contribution in [0.5, 0.6) is 0 Å². The smallest absolute Gasteiger partial charge is 0.268 e. The summed E-state index contributed by atoms with van der Waals surface area (Å²) in [6.07, 6.45) is 2.27. The molecular weight excluding hydrogens is 320 g/mol. The second-order valence-corrected chi connectivity index (χ2v) is 6.86. The molecule has 1 N–H and O–H groups in total. The van der Waals surface area contributed by atoms with Crippen molar-refractivity contribution in [3.05, 3.63) is 22.3 Å². The van der Waals surface area contributed by atoms with Crippen molar-refractivity contribution in [2.45, 2.75) is 32.7 Å². The van der Waals surface area contributed by atoms with Gasteiger partial charge in [-0.15, -0.1) is 23.7 Å². The first kappa shape index (κ1) is 17.4. The third-order valence-corrected chi connectivity index (χ3v) is 5.08. The molecule has 1 unspecified atom stereocenters. The van der Waals surface area contributed by atoms with Crippen LogP contribution in [0.1, 0.15) is 35.7 Å². The fourth-order valence-corrected chi connectivity index (χ4v) is 3.70. The van der Waals surface area contributed by atoms with E-state index in [0.717, 1.165) is 43.2 Å². The third-order valence-electron chi connectivity index (χ3n) is 4.00. The first-order valence-corrected chi connectivity index (χ1v) is 8.35. The van der Waals surface area contributed by atoms with Crippen LogP contribution in [0, 0.1) is 6.92 Å². The number of aromatic nitrogens is 2. The molecule has 0 aromatic carbocycles.